The van der Waals surface area contributed by atoms with Gasteiger partial charge in [-0.3, -0.25) is 14.6 Å². The topological polar surface area (TPSA) is 79.3 Å². The number of nitrogens with one attached hydrogen (secondary N) is 1. The van der Waals surface area contributed by atoms with E-state index in [0.29, 0.717) is 12.8 Å². The van der Waals surface area contributed by atoms with Gasteiger partial charge in [-0.1, -0.05) is 12.8 Å². The summed E-state index contributed by atoms with van der Waals surface area (Å²) in [6.45, 7) is 0. The van der Waals surface area contributed by atoms with Crippen LogP contribution >= 0.6 is 0 Å². The van der Waals surface area contributed by atoms with E-state index in [1.807, 2.05) is 0 Å². The highest BCUT2D eigenvalue weighted by atomic mass is 19.1. The van der Waals surface area contributed by atoms with E-state index in [-0.39, 0.29) is 12.0 Å². The molecule has 1 aromatic heterocycles. The maximum absolute atomic E-state index is 13.5. The monoisotopic (exact) mass is 266 g/mol. The number of carbonyl (C=O) groups is 2. The Morgan fingerprint density at radius 3 is 2.68 bits per heavy atom. The molecule has 19 heavy (non-hydrogen) atoms. The third kappa shape index (κ3) is 3.07. The Kier molecular flexibility index (Phi) is 3.78. The number of carbonyl (C=O) groups excluding carboxylic acids is 1. The molecule has 2 rings (SSSR count). The van der Waals surface area contributed by atoms with E-state index in [9.17, 15) is 14.0 Å². The number of pyridine rings is 1. The van der Waals surface area contributed by atoms with Gasteiger partial charge in [-0.25, -0.2) is 4.39 Å². The fourth-order valence-corrected chi connectivity index (χ4v) is 2.55. The first kappa shape index (κ1) is 13.5. The summed E-state index contributed by atoms with van der Waals surface area (Å²) in [7, 11) is 0. The first-order valence-corrected chi connectivity index (χ1v) is 6.16. The number of hydrogen-bond donors (Lipinski definition) is 2. The van der Waals surface area contributed by atoms with Crippen molar-refractivity contribution >= 4 is 11.9 Å². The third-order valence-corrected chi connectivity index (χ3v) is 3.45. The van der Waals surface area contributed by atoms with E-state index >= 15 is 0 Å². The molecule has 0 atom stereocenters. The molecule has 0 aliphatic heterocycles. The molecule has 2 N–H and O–H groups in total. The van der Waals surface area contributed by atoms with Crippen LogP contribution in [-0.2, 0) is 4.79 Å². The summed E-state index contributed by atoms with van der Waals surface area (Å²) in [6, 6.07) is 1.29. The van der Waals surface area contributed by atoms with Crippen LogP contribution in [0.25, 0.3) is 0 Å². The van der Waals surface area contributed by atoms with E-state index < -0.39 is 23.2 Å². The van der Waals surface area contributed by atoms with Gasteiger partial charge < -0.3 is 10.4 Å². The van der Waals surface area contributed by atoms with E-state index in [1.54, 1.807) is 0 Å². The smallest absolute Gasteiger partial charge is 0.305 e. The molecular weight excluding hydrogens is 251 g/mol. The predicted octanol–water partition coefficient (Wildman–Crippen LogP) is 1.74. The number of carboxylic acid groups (broad SMARTS) is 1. The summed E-state index contributed by atoms with van der Waals surface area (Å²) in [5, 5.41) is 11.6. The van der Waals surface area contributed by atoms with Crippen molar-refractivity contribution in [2.24, 2.45) is 0 Å². The van der Waals surface area contributed by atoms with Gasteiger partial charge in [-0.15, -0.1) is 0 Å². The largest absolute Gasteiger partial charge is 0.481 e. The van der Waals surface area contributed by atoms with Crippen LogP contribution < -0.4 is 5.32 Å². The lowest BCUT2D eigenvalue weighted by Crippen LogP contribution is -2.48. The van der Waals surface area contributed by atoms with Gasteiger partial charge in [0, 0.05) is 6.20 Å². The summed E-state index contributed by atoms with van der Waals surface area (Å²) in [5.41, 5.74) is -0.856. The molecule has 0 radical (unpaired) electrons. The van der Waals surface area contributed by atoms with Gasteiger partial charge in [-0.2, -0.15) is 0 Å². The standard InChI is InChI=1S/C13H15FN2O3/c14-10-8-15-6-3-9(10)12(19)16-13(7-11(17)18)4-1-2-5-13/h3,6,8H,1-2,4-5,7H2,(H,16,19)(H,17,18). The fourth-order valence-electron chi connectivity index (χ4n) is 2.55. The molecule has 1 saturated carbocycles. The van der Waals surface area contributed by atoms with Crippen LogP contribution in [0.5, 0.6) is 0 Å². The van der Waals surface area contributed by atoms with Crippen molar-refractivity contribution in [3.8, 4) is 0 Å². The molecule has 0 aromatic carbocycles. The molecule has 1 amide bonds. The number of aliphatic carboxylic acids is 1. The van der Waals surface area contributed by atoms with Gasteiger partial charge in [0.05, 0.1) is 23.7 Å². The second kappa shape index (κ2) is 5.34. The van der Waals surface area contributed by atoms with Crippen molar-refractivity contribution in [2.75, 3.05) is 0 Å². The van der Waals surface area contributed by atoms with Gasteiger partial charge in [0.15, 0.2) is 5.82 Å². The Hall–Kier alpha value is -1.98. The van der Waals surface area contributed by atoms with Crippen molar-refractivity contribution in [3.05, 3.63) is 29.8 Å². The maximum atomic E-state index is 13.5. The van der Waals surface area contributed by atoms with Crippen LogP contribution in [0.2, 0.25) is 0 Å². The van der Waals surface area contributed by atoms with E-state index in [4.69, 9.17) is 5.11 Å². The Morgan fingerprint density at radius 2 is 2.11 bits per heavy atom. The van der Waals surface area contributed by atoms with Crippen molar-refractivity contribution in [1.29, 1.82) is 0 Å². The zero-order valence-corrected chi connectivity index (χ0v) is 10.4. The second-order valence-electron chi connectivity index (χ2n) is 4.87. The predicted molar refractivity (Wildman–Crippen MR) is 65.1 cm³/mol. The third-order valence-electron chi connectivity index (χ3n) is 3.45. The number of aromatic nitrogens is 1. The zero-order valence-electron chi connectivity index (χ0n) is 10.4. The molecule has 1 aliphatic carbocycles. The average Bonchev–Trinajstić information content (AvgIpc) is 2.76. The molecule has 0 unspecified atom stereocenters. The van der Waals surface area contributed by atoms with E-state index in [0.717, 1.165) is 19.0 Å². The quantitative estimate of drug-likeness (QED) is 0.870. The van der Waals surface area contributed by atoms with Crippen molar-refractivity contribution in [1.82, 2.24) is 10.3 Å². The van der Waals surface area contributed by atoms with Crippen molar-refractivity contribution in [3.63, 3.8) is 0 Å². The normalized spacial score (nSPS) is 17.1. The molecule has 0 spiro atoms. The van der Waals surface area contributed by atoms with Crippen LogP contribution in [-0.4, -0.2) is 27.5 Å². The van der Waals surface area contributed by atoms with Gasteiger partial charge in [0.2, 0.25) is 0 Å². The second-order valence-corrected chi connectivity index (χ2v) is 4.87. The first-order chi connectivity index (χ1) is 9.02. The van der Waals surface area contributed by atoms with Crippen LogP contribution in [0.1, 0.15) is 42.5 Å². The van der Waals surface area contributed by atoms with Gasteiger partial charge in [-0.05, 0) is 18.9 Å². The lowest BCUT2D eigenvalue weighted by atomic mass is 9.92. The Labute approximate surface area is 109 Å². The van der Waals surface area contributed by atoms with Crippen LogP contribution in [0.4, 0.5) is 4.39 Å². The molecule has 5 nitrogen and oxygen atoms in total. The molecule has 1 heterocycles. The van der Waals surface area contributed by atoms with Gasteiger partial charge >= 0.3 is 5.97 Å². The molecule has 0 bridgehead atoms. The zero-order chi connectivity index (χ0) is 13.9. The molecule has 6 heteroatoms. The Bertz CT molecular complexity index is 498. The highest BCUT2D eigenvalue weighted by Gasteiger charge is 2.37. The number of halogens is 1. The molecule has 102 valence electrons. The fraction of sp³-hybridized carbons (Fsp3) is 0.462. The minimum absolute atomic E-state index is 0.105. The number of amides is 1. The molecule has 1 aliphatic rings. The minimum atomic E-state index is -0.961. The summed E-state index contributed by atoms with van der Waals surface area (Å²) in [4.78, 5) is 26.5. The molecule has 1 aromatic rings. The van der Waals surface area contributed by atoms with Crippen LogP contribution in [0.3, 0.4) is 0 Å². The number of rotatable bonds is 4. The van der Waals surface area contributed by atoms with Crippen LogP contribution in [0.15, 0.2) is 18.5 Å². The van der Waals surface area contributed by atoms with Gasteiger partial charge in [0.1, 0.15) is 0 Å². The Morgan fingerprint density at radius 1 is 1.42 bits per heavy atom. The summed E-state index contributed by atoms with van der Waals surface area (Å²) >= 11 is 0. The van der Waals surface area contributed by atoms with Crippen molar-refractivity contribution in [2.45, 2.75) is 37.6 Å². The summed E-state index contributed by atoms with van der Waals surface area (Å²) in [5.74, 6) is -2.25. The Balaban J connectivity index is 2.16. The van der Waals surface area contributed by atoms with Crippen LogP contribution in [0, 0.1) is 5.82 Å². The lowest BCUT2D eigenvalue weighted by molar-refractivity contribution is -0.138. The molecule has 1 fully saturated rings. The maximum Gasteiger partial charge on any atom is 0.305 e. The average molecular weight is 266 g/mol. The molecular formula is C13H15FN2O3. The highest BCUT2D eigenvalue weighted by Crippen LogP contribution is 2.33. The van der Waals surface area contributed by atoms with Crippen molar-refractivity contribution < 1.29 is 19.1 Å². The first-order valence-electron chi connectivity index (χ1n) is 6.16. The highest BCUT2D eigenvalue weighted by molar-refractivity contribution is 5.95. The SMILES string of the molecule is O=C(O)CC1(NC(=O)c2ccncc2F)CCCC1. The number of hydrogen-bond acceptors (Lipinski definition) is 3. The summed E-state index contributed by atoms with van der Waals surface area (Å²) in [6.07, 6.45) is 5.11. The molecule has 0 saturated heterocycles. The number of carboxylic acids is 1. The van der Waals surface area contributed by atoms with E-state index in [1.165, 1.54) is 12.3 Å². The number of nitrogens with zero attached hydrogens (tertiary/aromatic N) is 1. The lowest BCUT2D eigenvalue weighted by Gasteiger charge is -2.28. The minimum Gasteiger partial charge on any atom is -0.481 e. The summed E-state index contributed by atoms with van der Waals surface area (Å²) < 4.78 is 13.5. The van der Waals surface area contributed by atoms with Gasteiger partial charge in [0.25, 0.3) is 5.91 Å². The van der Waals surface area contributed by atoms with E-state index in [2.05, 4.69) is 10.3 Å².